The highest BCUT2D eigenvalue weighted by Gasteiger charge is 2.30. The number of benzene rings is 1. The van der Waals surface area contributed by atoms with Gasteiger partial charge in [0.2, 0.25) is 0 Å². The Labute approximate surface area is 130 Å². The first-order chi connectivity index (χ1) is 9.78. The minimum atomic E-state index is -3.07. The first-order valence-electron chi connectivity index (χ1n) is 7.76. The Balaban J connectivity index is 2.74. The van der Waals surface area contributed by atoms with Crippen LogP contribution in [0.2, 0.25) is 0 Å². The van der Waals surface area contributed by atoms with Crippen molar-refractivity contribution in [3.05, 3.63) is 35.9 Å². The quantitative estimate of drug-likeness (QED) is 0.707. The van der Waals surface area contributed by atoms with Gasteiger partial charge in [-0.2, -0.15) is 0 Å². The van der Waals surface area contributed by atoms with E-state index in [0.29, 0.717) is 6.54 Å². The molecule has 0 aliphatic heterocycles. The first-order valence-corrected chi connectivity index (χ1v) is 9.65. The number of rotatable bonds is 9. The standard InChI is InChI=1S/C17H29NO2S/c1-5-6-8-13-16(15-11-9-7-10-12-15)18-14-17(2,3)21(4,19)20/h7,9-12,16,18H,5-6,8,13-14H2,1-4H3. The highest BCUT2D eigenvalue weighted by Crippen LogP contribution is 2.22. The summed E-state index contributed by atoms with van der Waals surface area (Å²) in [5.74, 6) is 0. The number of sulfone groups is 1. The third-order valence-electron chi connectivity index (χ3n) is 4.08. The van der Waals surface area contributed by atoms with Crippen molar-refractivity contribution in [1.82, 2.24) is 5.32 Å². The highest BCUT2D eigenvalue weighted by atomic mass is 32.2. The lowest BCUT2D eigenvalue weighted by molar-refractivity contribution is 0.440. The van der Waals surface area contributed by atoms with Gasteiger partial charge in [-0.3, -0.25) is 0 Å². The van der Waals surface area contributed by atoms with E-state index in [2.05, 4.69) is 24.4 Å². The summed E-state index contributed by atoms with van der Waals surface area (Å²) >= 11 is 0. The van der Waals surface area contributed by atoms with E-state index in [1.807, 2.05) is 18.2 Å². The minimum Gasteiger partial charge on any atom is -0.308 e. The molecule has 1 aromatic carbocycles. The summed E-state index contributed by atoms with van der Waals surface area (Å²) in [6.07, 6.45) is 5.90. The molecule has 0 fully saturated rings. The predicted octanol–water partition coefficient (Wildman–Crippen LogP) is 3.72. The number of nitrogens with one attached hydrogen (secondary N) is 1. The van der Waals surface area contributed by atoms with Crippen molar-refractivity contribution in [3.8, 4) is 0 Å². The Morgan fingerprint density at radius 1 is 1.14 bits per heavy atom. The summed E-state index contributed by atoms with van der Waals surface area (Å²) in [6, 6.07) is 10.5. The Morgan fingerprint density at radius 2 is 1.76 bits per heavy atom. The largest absolute Gasteiger partial charge is 0.308 e. The molecular formula is C17H29NO2S. The van der Waals surface area contributed by atoms with E-state index in [0.717, 1.165) is 12.8 Å². The Kier molecular flexibility index (Phi) is 6.88. The maximum atomic E-state index is 11.8. The third kappa shape index (κ3) is 5.79. The average Bonchev–Trinajstić information content (AvgIpc) is 2.42. The molecular weight excluding hydrogens is 282 g/mol. The smallest absolute Gasteiger partial charge is 0.153 e. The highest BCUT2D eigenvalue weighted by molar-refractivity contribution is 7.92. The number of hydrogen-bond donors (Lipinski definition) is 1. The topological polar surface area (TPSA) is 46.2 Å². The SMILES string of the molecule is CCCCCC(NCC(C)(C)S(C)(=O)=O)c1ccccc1. The van der Waals surface area contributed by atoms with E-state index in [9.17, 15) is 8.42 Å². The molecule has 0 saturated carbocycles. The van der Waals surface area contributed by atoms with Crippen LogP contribution < -0.4 is 5.32 Å². The Morgan fingerprint density at radius 3 is 2.29 bits per heavy atom. The fourth-order valence-electron chi connectivity index (χ4n) is 2.17. The van der Waals surface area contributed by atoms with Crippen molar-refractivity contribution in [3.63, 3.8) is 0 Å². The molecule has 1 atom stereocenters. The molecule has 0 amide bonds. The van der Waals surface area contributed by atoms with E-state index in [1.54, 1.807) is 13.8 Å². The molecule has 0 aliphatic rings. The van der Waals surface area contributed by atoms with Crippen LogP contribution in [-0.2, 0) is 9.84 Å². The van der Waals surface area contributed by atoms with E-state index in [-0.39, 0.29) is 6.04 Å². The fourth-order valence-corrected chi connectivity index (χ4v) is 2.52. The van der Waals surface area contributed by atoms with Gasteiger partial charge < -0.3 is 5.32 Å². The van der Waals surface area contributed by atoms with Crippen LogP contribution in [0.4, 0.5) is 0 Å². The molecule has 0 aliphatic carbocycles. The van der Waals surface area contributed by atoms with Crippen LogP contribution >= 0.6 is 0 Å². The lowest BCUT2D eigenvalue weighted by Crippen LogP contribution is -2.42. The van der Waals surface area contributed by atoms with Gasteiger partial charge in [0.05, 0.1) is 4.75 Å². The van der Waals surface area contributed by atoms with Crippen LogP contribution in [0.3, 0.4) is 0 Å². The van der Waals surface area contributed by atoms with E-state index < -0.39 is 14.6 Å². The zero-order valence-corrected chi connectivity index (χ0v) is 14.5. The summed E-state index contributed by atoms with van der Waals surface area (Å²) < 4.78 is 22.9. The molecule has 0 saturated heterocycles. The van der Waals surface area contributed by atoms with Gasteiger partial charge in [-0.25, -0.2) is 8.42 Å². The van der Waals surface area contributed by atoms with E-state index in [4.69, 9.17) is 0 Å². The van der Waals surface area contributed by atoms with E-state index >= 15 is 0 Å². The molecule has 4 heteroatoms. The summed E-state index contributed by atoms with van der Waals surface area (Å²) in [6.45, 7) is 6.22. The molecule has 1 unspecified atom stereocenters. The second kappa shape index (κ2) is 7.95. The van der Waals surface area contributed by atoms with Crippen molar-refractivity contribution < 1.29 is 8.42 Å². The predicted molar refractivity (Wildman–Crippen MR) is 90.3 cm³/mol. The summed E-state index contributed by atoms with van der Waals surface area (Å²) in [5.41, 5.74) is 1.23. The van der Waals surface area contributed by atoms with Gasteiger partial charge in [0.1, 0.15) is 0 Å². The van der Waals surface area contributed by atoms with Crippen molar-refractivity contribution in [1.29, 1.82) is 0 Å². The van der Waals surface area contributed by atoms with Crippen LogP contribution in [0, 0.1) is 0 Å². The minimum absolute atomic E-state index is 0.221. The lowest BCUT2D eigenvalue weighted by atomic mass is 10.00. The number of unbranched alkanes of at least 4 members (excludes halogenated alkanes) is 2. The van der Waals surface area contributed by atoms with Gasteiger partial charge >= 0.3 is 0 Å². The summed E-state index contributed by atoms with van der Waals surface area (Å²) in [4.78, 5) is 0. The van der Waals surface area contributed by atoms with Gasteiger partial charge in [0, 0.05) is 18.8 Å². The molecule has 21 heavy (non-hydrogen) atoms. The van der Waals surface area contributed by atoms with Crippen molar-refractivity contribution in [2.45, 2.75) is 57.2 Å². The van der Waals surface area contributed by atoms with Gasteiger partial charge in [-0.05, 0) is 25.8 Å². The van der Waals surface area contributed by atoms with Crippen LogP contribution in [-0.4, -0.2) is 26.0 Å². The molecule has 1 aromatic rings. The molecule has 3 nitrogen and oxygen atoms in total. The molecule has 1 N–H and O–H groups in total. The van der Waals surface area contributed by atoms with E-state index in [1.165, 1.54) is 24.7 Å². The second-order valence-corrected chi connectivity index (χ2v) is 9.02. The van der Waals surface area contributed by atoms with Gasteiger partial charge in [-0.1, -0.05) is 56.5 Å². The zero-order valence-electron chi connectivity index (χ0n) is 13.7. The first kappa shape index (κ1) is 18.2. The van der Waals surface area contributed by atoms with Crippen LogP contribution in [0.25, 0.3) is 0 Å². The third-order valence-corrected chi connectivity index (χ3v) is 6.23. The van der Waals surface area contributed by atoms with Crippen LogP contribution in [0.15, 0.2) is 30.3 Å². The molecule has 120 valence electrons. The fraction of sp³-hybridized carbons (Fsp3) is 0.647. The lowest BCUT2D eigenvalue weighted by Gasteiger charge is -2.27. The summed E-state index contributed by atoms with van der Waals surface area (Å²) in [5, 5.41) is 3.46. The normalized spacial score (nSPS) is 14.1. The second-order valence-electron chi connectivity index (χ2n) is 6.37. The van der Waals surface area contributed by atoms with Gasteiger partial charge in [0.25, 0.3) is 0 Å². The average molecular weight is 311 g/mol. The summed E-state index contributed by atoms with van der Waals surface area (Å²) in [7, 11) is -3.07. The van der Waals surface area contributed by atoms with Crippen molar-refractivity contribution in [2.75, 3.05) is 12.8 Å². The Bertz CT molecular complexity index is 509. The van der Waals surface area contributed by atoms with Crippen LogP contribution in [0.5, 0.6) is 0 Å². The van der Waals surface area contributed by atoms with Crippen LogP contribution in [0.1, 0.15) is 58.1 Å². The molecule has 0 spiro atoms. The molecule has 0 bridgehead atoms. The monoisotopic (exact) mass is 311 g/mol. The number of hydrogen-bond acceptors (Lipinski definition) is 3. The van der Waals surface area contributed by atoms with Gasteiger partial charge in [-0.15, -0.1) is 0 Å². The molecule has 0 radical (unpaired) electrons. The zero-order chi connectivity index (χ0) is 15.9. The molecule has 0 aromatic heterocycles. The maximum absolute atomic E-state index is 11.8. The van der Waals surface area contributed by atoms with Crippen molar-refractivity contribution >= 4 is 9.84 Å². The molecule has 0 heterocycles. The molecule has 1 rings (SSSR count). The maximum Gasteiger partial charge on any atom is 0.153 e. The van der Waals surface area contributed by atoms with Crippen molar-refractivity contribution in [2.24, 2.45) is 0 Å². The Hall–Kier alpha value is -0.870. The van der Waals surface area contributed by atoms with Gasteiger partial charge in [0.15, 0.2) is 9.84 Å².